The number of rotatable bonds is 4. The molecule has 0 saturated carbocycles. The third kappa shape index (κ3) is 4.79. The molecule has 272 valence electrons. The zero-order chi connectivity index (χ0) is 38.2. The number of nitrogens with zero attached hydrogens (tertiary/aromatic N) is 6. The summed E-state index contributed by atoms with van der Waals surface area (Å²) < 4.78 is 7.08. The Balaban J connectivity index is 1.09. The van der Waals surface area contributed by atoms with Gasteiger partial charge in [-0.3, -0.25) is 19.9 Å². The Kier molecular flexibility index (Phi) is 7.24. The van der Waals surface area contributed by atoms with Crippen LogP contribution in [0.15, 0.2) is 193 Å². The van der Waals surface area contributed by atoms with E-state index in [0.717, 1.165) is 106 Å². The van der Waals surface area contributed by atoms with Crippen LogP contribution in [-0.4, -0.2) is 24.9 Å². The van der Waals surface area contributed by atoms with E-state index in [1.165, 1.54) is 0 Å². The monoisotopic (exact) mass is 762 g/mol. The van der Waals surface area contributed by atoms with Gasteiger partial charge in [0, 0.05) is 64.3 Å². The Morgan fingerprint density at radius 3 is 2.10 bits per heavy atom. The van der Waals surface area contributed by atoms with E-state index in [0.29, 0.717) is 0 Å². The third-order valence-electron chi connectivity index (χ3n) is 11.4. The van der Waals surface area contributed by atoms with Gasteiger partial charge in [-0.1, -0.05) is 66.4 Å². The molecular weight excluding hydrogens is 733 g/mol. The molecule has 1 atom stereocenters. The van der Waals surface area contributed by atoms with Crippen LogP contribution in [0.2, 0.25) is 0 Å². The van der Waals surface area contributed by atoms with Crippen LogP contribution in [0.4, 0.5) is 17.1 Å². The Hall–Kier alpha value is -7.42. The van der Waals surface area contributed by atoms with Crippen molar-refractivity contribution in [3.05, 3.63) is 205 Å². The second kappa shape index (κ2) is 12.8. The molecule has 7 nitrogen and oxygen atoms in total. The van der Waals surface area contributed by atoms with Gasteiger partial charge < -0.3 is 9.64 Å². The van der Waals surface area contributed by atoms with Gasteiger partial charge in [0.1, 0.15) is 11.5 Å². The molecule has 1 unspecified atom stereocenters. The highest BCUT2D eigenvalue weighted by Crippen LogP contribution is 2.65. The van der Waals surface area contributed by atoms with E-state index in [1.54, 1.807) is 18.0 Å². The lowest BCUT2D eigenvalue weighted by Gasteiger charge is -2.41. The Bertz CT molecular complexity index is 3030. The van der Waals surface area contributed by atoms with E-state index in [4.69, 9.17) is 14.7 Å². The molecule has 0 N–H and O–H groups in total. The van der Waals surface area contributed by atoms with Gasteiger partial charge in [-0.25, -0.2) is 4.98 Å². The highest BCUT2D eigenvalue weighted by molar-refractivity contribution is 7.99. The number of para-hydroxylation sites is 2. The summed E-state index contributed by atoms with van der Waals surface area (Å²) in [5.41, 5.74) is 14.5. The highest BCUT2D eigenvalue weighted by Gasteiger charge is 2.53. The molecule has 0 saturated heterocycles. The average Bonchev–Trinajstić information content (AvgIpc) is 3.59. The van der Waals surface area contributed by atoms with Crippen molar-refractivity contribution in [2.75, 3.05) is 4.90 Å². The van der Waals surface area contributed by atoms with Crippen molar-refractivity contribution >= 4 is 28.8 Å². The van der Waals surface area contributed by atoms with Gasteiger partial charge >= 0.3 is 0 Å². The van der Waals surface area contributed by atoms with Crippen molar-refractivity contribution < 1.29 is 4.74 Å². The SMILES string of the molecule is c1cncc(-c2cc(-c3ccncc3)cc(-c3ccc4c(n3)-c3ncccc3C43c4ccccc4Oc4c3ccc3c4Sc4ccccc4N3c3cccnc3)c2)c1. The maximum absolute atomic E-state index is 7.08. The number of pyridine rings is 5. The summed E-state index contributed by atoms with van der Waals surface area (Å²) in [6.45, 7) is 0. The second-order valence-electron chi connectivity index (χ2n) is 14.5. The molecule has 4 aromatic carbocycles. The smallest absolute Gasteiger partial charge is 0.148 e. The predicted molar refractivity (Wildman–Crippen MR) is 228 cm³/mol. The van der Waals surface area contributed by atoms with Crippen molar-refractivity contribution in [3.8, 4) is 56.4 Å². The standard InChI is InChI=1S/C50H30N6OS/c1-3-13-44-37(10-1)50(40-16-18-43-49(48(40)57-44)58-45-14-4-2-12-42(45)56(43)36-9-6-22-53-30-36)38-11-7-23-54-46(38)47-39(50)15-17-41(55-47)35-27-33(31-19-24-51-25-20-31)26-34(28-35)32-8-5-21-52-29-32/h1-30H. The summed E-state index contributed by atoms with van der Waals surface area (Å²) in [6.07, 6.45) is 13.0. The molecule has 0 radical (unpaired) electrons. The van der Waals surface area contributed by atoms with E-state index in [2.05, 4.69) is 123 Å². The molecule has 58 heavy (non-hydrogen) atoms. The van der Waals surface area contributed by atoms with E-state index >= 15 is 0 Å². The lowest BCUT2D eigenvalue weighted by Crippen LogP contribution is -2.33. The van der Waals surface area contributed by atoms with E-state index in [-0.39, 0.29) is 0 Å². The number of benzene rings is 4. The van der Waals surface area contributed by atoms with Crippen LogP contribution < -0.4 is 9.64 Å². The molecule has 1 spiro atoms. The van der Waals surface area contributed by atoms with Crippen LogP contribution in [0.5, 0.6) is 11.5 Å². The lowest BCUT2D eigenvalue weighted by atomic mass is 9.66. The number of hydrogen-bond donors (Lipinski definition) is 0. The van der Waals surface area contributed by atoms with Gasteiger partial charge in [0.2, 0.25) is 0 Å². The second-order valence-corrected chi connectivity index (χ2v) is 15.6. The summed E-state index contributed by atoms with van der Waals surface area (Å²) in [6, 6.07) is 49.0. The van der Waals surface area contributed by atoms with Gasteiger partial charge in [0.05, 0.1) is 50.7 Å². The molecule has 8 heteroatoms. The fourth-order valence-corrected chi connectivity index (χ4v) is 10.1. The fraction of sp³-hybridized carbons (Fsp3) is 0.0200. The lowest BCUT2D eigenvalue weighted by molar-refractivity contribution is 0.426. The van der Waals surface area contributed by atoms with Crippen molar-refractivity contribution in [2.24, 2.45) is 0 Å². The summed E-state index contributed by atoms with van der Waals surface area (Å²) in [5, 5.41) is 0. The van der Waals surface area contributed by atoms with Crippen molar-refractivity contribution in [1.29, 1.82) is 0 Å². The molecule has 2 aliphatic heterocycles. The Morgan fingerprint density at radius 1 is 0.500 bits per heavy atom. The first-order valence-electron chi connectivity index (χ1n) is 19.1. The molecule has 0 fully saturated rings. The van der Waals surface area contributed by atoms with E-state index < -0.39 is 5.41 Å². The zero-order valence-corrected chi connectivity index (χ0v) is 31.6. The van der Waals surface area contributed by atoms with E-state index in [9.17, 15) is 0 Å². The predicted octanol–water partition coefficient (Wildman–Crippen LogP) is 12.1. The molecule has 0 bridgehead atoms. The number of hydrogen-bond acceptors (Lipinski definition) is 8. The minimum atomic E-state index is -0.736. The Morgan fingerprint density at radius 2 is 1.24 bits per heavy atom. The van der Waals surface area contributed by atoms with Crippen LogP contribution in [-0.2, 0) is 5.41 Å². The van der Waals surface area contributed by atoms with E-state index in [1.807, 2.05) is 73.6 Å². The molecule has 3 aliphatic rings. The quantitative estimate of drug-likeness (QED) is 0.175. The molecule has 12 rings (SSSR count). The normalized spacial score (nSPS) is 15.3. The van der Waals surface area contributed by atoms with Crippen LogP contribution in [0.1, 0.15) is 22.3 Å². The van der Waals surface area contributed by atoms with Gasteiger partial charge in [-0.05, 0) is 113 Å². The minimum Gasteiger partial charge on any atom is -0.455 e. The number of fused-ring (bicyclic) bond motifs is 12. The number of ether oxygens (including phenoxy) is 1. The van der Waals surface area contributed by atoms with Crippen molar-refractivity contribution in [1.82, 2.24) is 24.9 Å². The average molecular weight is 763 g/mol. The van der Waals surface area contributed by atoms with Gasteiger partial charge in [-0.15, -0.1) is 0 Å². The highest BCUT2D eigenvalue weighted by atomic mass is 32.2. The summed E-state index contributed by atoms with van der Waals surface area (Å²) >= 11 is 1.75. The molecule has 0 amide bonds. The number of anilines is 3. The third-order valence-corrected chi connectivity index (χ3v) is 12.6. The summed E-state index contributed by atoms with van der Waals surface area (Å²) in [4.78, 5) is 28.3. The first-order chi connectivity index (χ1) is 28.8. The van der Waals surface area contributed by atoms with Crippen LogP contribution in [0, 0.1) is 0 Å². The summed E-state index contributed by atoms with van der Waals surface area (Å²) in [7, 11) is 0. The van der Waals surface area contributed by atoms with Crippen molar-refractivity contribution in [2.45, 2.75) is 15.2 Å². The molecular formula is C50H30N6OS. The first kappa shape index (κ1) is 32.8. The zero-order valence-electron chi connectivity index (χ0n) is 30.8. The topological polar surface area (TPSA) is 76.9 Å². The van der Waals surface area contributed by atoms with Crippen LogP contribution >= 0.6 is 11.8 Å². The molecule has 5 aromatic heterocycles. The van der Waals surface area contributed by atoms with Crippen LogP contribution in [0.3, 0.4) is 0 Å². The van der Waals surface area contributed by atoms with Crippen LogP contribution in [0.25, 0.3) is 44.9 Å². The maximum atomic E-state index is 7.08. The fourth-order valence-electron chi connectivity index (χ4n) is 8.99. The Labute approximate surface area is 338 Å². The van der Waals surface area contributed by atoms with Gasteiger partial charge in [-0.2, -0.15) is 0 Å². The molecule has 7 heterocycles. The molecule has 9 aromatic rings. The molecule has 1 aliphatic carbocycles. The van der Waals surface area contributed by atoms with Gasteiger partial charge in [0.25, 0.3) is 0 Å². The number of aromatic nitrogens is 5. The maximum Gasteiger partial charge on any atom is 0.148 e. The summed E-state index contributed by atoms with van der Waals surface area (Å²) in [5.74, 6) is 1.65. The minimum absolute atomic E-state index is 0.736. The van der Waals surface area contributed by atoms with Crippen molar-refractivity contribution in [3.63, 3.8) is 0 Å². The largest absolute Gasteiger partial charge is 0.455 e. The first-order valence-corrected chi connectivity index (χ1v) is 19.9. The van der Waals surface area contributed by atoms with Gasteiger partial charge in [0.15, 0.2) is 0 Å².